The van der Waals surface area contributed by atoms with E-state index in [-0.39, 0.29) is 17.7 Å². The van der Waals surface area contributed by atoms with Crippen LogP contribution in [0.3, 0.4) is 0 Å². The first-order valence-electron chi connectivity index (χ1n) is 7.09. The highest BCUT2D eigenvalue weighted by atomic mass is 16.3. The van der Waals surface area contributed by atoms with Crippen molar-refractivity contribution >= 4 is 11.6 Å². The lowest BCUT2D eigenvalue weighted by atomic mass is 9.88. The summed E-state index contributed by atoms with van der Waals surface area (Å²) in [6.07, 6.45) is 2.72. The summed E-state index contributed by atoms with van der Waals surface area (Å²) in [6.45, 7) is 0. The maximum Gasteiger partial charge on any atom is 0.253 e. The number of phenols is 1. The summed E-state index contributed by atoms with van der Waals surface area (Å²) in [5.74, 6) is -0.184. The molecule has 0 spiro atoms. The molecule has 0 saturated heterocycles. The first-order valence-corrected chi connectivity index (χ1v) is 7.09. The molecule has 21 heavy (non-hydrogen) atoms. The van der Waals surface area contributed by atoms with Crippen molar-refractivity contribution in [1.29, 1.82) is 0 Å². The molecule has 1 unspecified atom stereocenters. The number of hydrogen-bond donors (Lipinski definition) is 3. The van der Waals surface area contributed by atoms with E-state index in [9.17, 15) is 9.90 Å². The summed E-state index contributed by atoms with van der Waals surface area (Å²) in [5, 5.41) is 12.5. The Morgan fingerprint density at radius 1 is 1.19 bits per heavy atom. The maximum absolute atomic E-state index is 12.3. The molecule has 1 aliphatic rings. The molecular formula is C17H18N2O2. The Labute approximate surface area is 123 Å². The number of hydrogen-bond acceptors (Lipinski definition) is 3. The van der Waals surface area contributed by atoms with E-state index in [1.165, 1.54) is 23.3 Å². The second kappa shape index (κ2) is 5.48. The predicted octanol–water partition coefficient (Wildman–Crippen LogP) is 2.26. The van der Waals surface area contributed by atoms with Gasteiger partial charge in [0.2, 0.25) is 0 Å². The Kier molecular flexibility index (Phi) is 3.52. The minimum Gasteiger partial charge on any atom is -0.508 e. The van der Waals surface area contributed by atoms with Crippen LogP contribution in [0.15, 0.2) is 42.5 Å². The summed E-state index contributed by atoms with van der Waals surface area (Å²) in [5.41, 5.74) is 9.15. The Morgan fingerprint density at radius 2 is 1.95 bits per heavy atom. The smallest absolute Gasteiger partial charge is 0.253 e. The van der Waals surface area contributed by atoms with Crippen molar-refractivity contribution in [1.82, 2.24) is 5.32 Å². The van der Waals surface area contributed by atoms with Crippen LogP contribution in [-0.4, -0.2) is 17.1 Å². The van der Waals surface area contributed by atoms with E-state index >= 15 is 0 Å². The zero-order valence-corrected chi connectivity index (χ0v) is 11.7. The van der Waals surface area contributed by atoms with Gasteiger partial charge in [-0.1, -0.05) is 24.3 Å². The third kappa shape index (κ3) is 2.84. The zero-order valence-electron chi connectivity index (χ0n) is 11.7. The standard InChI is InChI=1S/C17H18N2O2/c18-16-8-7-14(20)10-15(16)17(21)19-13-6-5-11-3-1-2-4-12(11)9-13/h1-4,7-8,10,13,20H,5-6,9,18H2,(H,19,21). The number of aromatic hydroxyl groups is 1. The van der Waals surface area contributed by atoms with Gasteiger partial charge in [0.05, 0.1) is 5.56 Å². The van der Waals surface area contributed by atoms with Crippen LogP contribution in [0.5, 0.6) is 5.75 Å². The van der Waals surface area contributed by atoms with Gasteiger partial charge >= 0.3 is 0 Å². The lowest BCUT2D eigenvalue weighted by Gasteiger charge is -2.25. The number of phenolic OH excluding ortho intramolecular Hbond substituents is 1. The number of aryl methyl sites for hydroxylation is 1. The molecule has 1 aliphatic carbocycles. The van der Waals surface area contributed by atoms with E-state index in [1.54, 1.807) is 6.07 Å². The van der Waals surface area contributed by atoms with Gasteiger partial charge in [0.25, 0.3) is 5.91 Å². The van der Waals surface area contributed by atoms with Gasteiger partial charge in [-0.2, -0.15) is 0 Å². The van der Waals surface area contributed by atoms with Crippen LogP contribution in [0.4, 0.5) is 5.69 Å². The minimum atomic E-state index is -0.229. The second-order valence-corrected chi connectivity index (χ2v) is 5.45. The fraction of sp³-hybridized carbons (Fsp3) is 0.235. The quantitative estimate of drug-likeness (QED) is 0.584. The minimum absolute atomic E-state index is 0.0448. The molecule has 0 aliphatic heterocycles. The Morgan fingerprint density at radius 3 is 2.76 bits per heavy atom. The molecule has 2 aromatic carbocycles. The van der Waals surface area contributed by atoms with Crippen LogP contribution in [0, 0.1) is 0 Å². The number of fused-ring (bicyclic) bond motifs is 1. The second-order valence-electron chi connectivity index (χ2n) is 5.45. The van der Waals surface area contributed by atoms with Gasteiger partial charge in [0.15, 0.2) is 0 Å². The molecular weight excluding hydrogens is 264 g/mol. The number of nitrogens with one attached hydrogen (secondary N) is 1. The van der Waals surface area contributed by atoms with E-state index in [0.29, 0.717) is 11.3 Å². The highest BCUT2D eigenvalue weighted by Gasteiger charge is 2.21. The predicted molar refractivity (Wildman–Crippen MR) is 82.2 cm³/mol. The van der Waals surface area contributed by atoms with Crippen LogP contribution < -0.4 is 11.1 Å². The van der Waals surface area contributed by atoms with Gasteiger partial charge in [-0.05, 0) is 48.6 Å². The lowest BCUT2D eigenvalue weighted by Crippen LogP contribution is -2.39. The molecule has 4 heteroatoms. The molecule has 1 atom stereocenters. The fourth-order valence-corrected chi connectivity index (χ4v) is 2.83. The SMILES string of the molecule is Nc1ccc(O)cc1C(=O)NC1CCc2ccccc2C1. The van der Waals surface area contributed by atoms with Crippen molar-refractivity contribution in [3.63, 3.8) is 0 Å². The third-order valence-corrected chi connectivity index (χ3v) is 3.96. The molecule has 0 radical (unpaired) electrons. The number of amides is 1. The molecule has 2 aromatic rings. The summed E-state index contributed by atoms with van der Waals surface area (Å²) in [6, 6.07) is 12.8. The van der Waals surface area contributed by atoms with Gasteiger partial charge in [-0.25, -0.2) is 0 Å². The van der Waals surface area contributed by atoms with Crippen LogP contribution in [0.25, 0.3) is 0 Å². The molecule has 0 heterocycles. The van der Waals surface area contributed by atoms with E-state index < -0.39 is 0 Å². The van der Waals surface area contributed by atoms with Gasteiger partial charge in [0, 0.05) is 11.7 Å². The first kappa shape index (κ1) is 13.5. The molecule has 1 amide bonds. The van der Waals surface area contributed by atoms with E-state index in [4.69, 9.17) is 5.73 Å². The summed E-state index contributed by atoms with van der Waals surface area (Å²) in [4.78, 5) is 12.3. The molecule has 4 nitrogen and oxygen atoms in total. The summed E-state index contributed by atoms with van der Waals surface area (Å²) in [7, 11) is 0. The van der Waals surface area contributed by atoms with Crippen LogP contribution >= 0.6 is 0 Å². The van der Waals surface area contributed by atoms with Crippen LogP contribution in [0.2, 0.25) is 0 Å². The molecule has 4 N–H and O–H groups in total. The molecule has 0 bridgehead atoms. The average molecular weight is 282 g/mol. The first-order chi connectivity index (χ1) is 10.1. The van der Waals surface area contributed by atoms with Crippen molar-refractivity contribution in [2.75, 3.05) is 5.73 Å². The summed E-state index contributed by atoms with van der Waals surface area (Å²) >= 11 is 0. The topological polar surface area (TPSA) is 75.3 Å². The molecule has 108 valence electrons. The fourth-order valence-electron chi connectivity index (χ4n) is 2.83. The Bertz CT molecular complexity index is 682. The van der Waals surface area contributed by atoms with Crippen molar-refractivity contribution in [3.05, 3.63) is 59.2 Å². The van der Waals surface area contributed by atoms with E-state index in [1.807, 2.05) is 12.1 Å². The van der Waals surface area contributed by atoms with Gasteiger partial charge in [0.1, 0.15) is 5.75 Å². The van der Waals surface area contributed by atoms with Gasteiger partial charge in [-0.15, -0.1) is 0 Å². The monoisotopic (exact) mass is 282 g/mol. The highest BCUT2D eigenvalue weighted by Crippen LogP contribution is 2.23. The number of benzene rings is 2. The lowest BCUT2D eigenvalue weighted by molar-refractivity contribution is 0.0934. The largest absolute Gasteiger partial charge is 0.508 e. The Hall–Kier alpha value is -2.49. The Balaban J connectivity index is 1.73. The number of nitrogen functional groups attached to an aromatic ring is 1. The van der Waals surface area contributed by atoms with Crippen molar-refractivity contribution < 1.29 is 9.90 Å². The summed E-state index contributed by atoms with van der Waals surface area (Å²) < 4.78 is 0. The number of carbonyl (C=O) groups is 1. The van der Waals surface area contributed by atoms with Crippen LogP contribution in [0.1, 0.15) is 27.9 Å². The van der Waals surface area contributed by atoms with Crippen molar-refractivity contribution in [2.45, 2.75) is 25.3 Å². The van der Waals surface area contributed by atoms with Crippen molar-refractivity contribution in [3.8, 4) is 5.75 Å². The van der Waals surface area contributed by atoms with Crippen molar-refractivity contribution in [2.24, 2.45) is 0 Å². The van der Waals surface area contributed by atoms with E-state index in [2.05, 4.69) is 17.4 Å². The molecule has 0 aromatic heterocycles. The maximum atomic E-state index is 12.3. The molecule has 3 rings (SSSR count). The normalized spacial score (nSPS) is 17.0. The highest BCUT2D eigenvalue weighted by molar-refractivity contribution is 5.99. The zero-order chi connectivity index (χ0) is 14.8. The molecule has 0 fully saturated rings. The van der Waals surface area contributed by atoms with E-state index in [0.717, 1.165) is 19.3 Å². The van der Waals surface area contributed by atoms with Gasteiger partial charge < -0.3 is 16.2 Å². The van der Waals surface area contributed by atoms with Gasteiger partial charge in [-0.3, -0.25) is 4.79 Å². The third-order valence-electron chi connectivity index (χ3n) is 3.96. The number of carbonyl (C=O) groups excluding carboxylic acids is 1. The number of nitrogens with two attached hydrogens (primary N) is 1. The molecule has 0 saturated carbocycles. The number of rotatable bonds is 2. The van der Waals surface area contributed by atoms with Crippen LogP contribution in [-0.2, 0) is 12.8 Å². The average Bonchev–Trinajstić information content (AvgIpc) is 2.49. The number of anilines is 1.